The summed E-state index contributed by atoms with van der Waals surface area (Å²) < 4.78 is 21.0. The van der Waals surface area contributed by atoms with E-state index >= 15 is 0 Å². The molecule has 1 aliphatic rings. The van der Waals surface area contributed by atoms with Crippen LogP contribution in [0.15, 0.2) is 17.6 Å². The van der Waals surface area contributed by atoms with Crippen molar-refractivity contribution in [2.24, 2.45) is 5.11 Å². The fraction of sp³-hybridized carbons (Fsp3) is 0.500. The molecule has 0 saturated carbocycles. The minimum atomic E-state index is -1.47. The fourth-order valence-electron chi connectivity index (χ4n) is 2.84. The number of halogens is 1. The van der Waals surface area contributed by atoms with Gasteiger partial charge in [0, 0.05) is 11.1 Å². The van der Waals surface area contributed by atoms with Crippen LogP contribution in [-0.4, -0.2) is 49.1 Å². The van der Waals surface area contributed by atoms with Gasteiger partial charge in [0.15, 0.2) is 11.5 Å². The number of nitrogen functional groups attached to an aromatic ring is 1. The minimum absolute atomic E-state index is 0.00123. The van der Waals surface area contributed by atoms with Crippen LogP contribution in [-0.2, 0) is 4.74 Å². The summed E-state index contributed by atoms with van der Waals surface area (Å²) in [7, 11) is 0. The van der Waals surface area contributed by atoms with E-state index in [1.165, 1.54) is 11.5 Å². The van der Waals surface area contributed by atoms with Crippen molar-refractivity contribution >= 4 is 16.9 Å². The van der Waals surface area contributed by atoms with Gasteiger partial charge in [-0.15, -0.1) is 0 Å². The molecule has 1 fully saturated rings. The predicted molar refractivity (Wildman–Crippen MR) is 76.5 cm³/mol. The second-order valence-corrected chi connectivity index (χ2v) is 5.41. The lowest BCUT2D eigenvalue weighted by molar-refractivity contribution is -0.0455. The Labute approximate surface area is 128 Å². The van der Waals surface area contributed by atoms with E-state index in [1.54, 1.807) is 0 Å². The van der Waals surface area contributed by atoms with Crippen LogP contribution < -0.4 is 5.73 Å². The number of azide groups is 1. The molecule has 0 unspecified atom stereocenters. The molecule has 3 rings (SSSR count). The molecule has 3 heterocycles. The van der Waals surface area contributed by atoms with Crippen molar-refractivity contribution in [2.45, 2.75) is 30.9 Å². The zero-order valence-corrected chi connectivity index (χ0v) is 12.0. The van der Waals surface area contributed by atoms with Gasteiger partial charge in [0.05, 0.1) is 18.1 Å². The number of hydrogen-bond acceptors (Lipinski definition) is 7. The van der Waals surface area contributed by atoms with Crippen LogP contribution in [0.1, 0.15) is 13.2 Å². The first-order valence-electron chi connectivity index (χ1n) is 6.71. The molecule has 0 bridgehead atoms. The van der Waals surface area contributed by atoms with E-state index in [4.69, 9.17) is 16.0 Å². The van der Waals surface area contributed by atoms with Crippen molar-refractivity contribution in [3.63, 3.8) is 0 Å². The predicted octanol–water partition coefficient (Wildman–Crippen LogP) is 0.472. The summed E-state index contributed by atoms with van der Waals surface area (Å²) >= 11 is 0. The summed E-state index contributed by atoms with van der Waals surface area (Å²) in [6.07, 6.45) is -1.11. The highest BCUT2D eigenvalue weighted by Crippen LogP contribution is 2.43. The van der Waals surface area contributed by atoms with E-state index in [1.807, 2.05) is 0 Å². The Morgan fingerprint density at radius 1 is 1.61 bits per heavy atom. The Kier molecular flexibility index (Phi) is 3.57. The van der Waals surface area contributed by atoms with Crippen LogP contribution in [0.5, 0.6) is 0 Å². The molecule has 0 aliphatic carbocycles. The van der Waals surface area contributed by atoms with Crippen LogP contribution in [0.4, 0.5) is 10.2 Å². The van der Waals surface area contributed by atoms with Crippen molar-refractivity contribution in [3.05, 3.63) is 28.8 Å². The molecule has 2 aromatic rings. The third-order valence-corrected chi connectivity index (χ3v) is 4.04. The fourth-order valence-corrected chi connectivity index (χ4v) is 2.84. The highest BCUT2D eigenvalue weighted by Gasteiger charge is 2.54. The van der Waals surface area contributed by atoms with Crippen molar-refractivity contribution in [1.82, 2.24) is 14.5 Å². The van der Waals surface area contributed by atoms with Crippen LogP contribution in [0.25, 0.3) is 21.5 Å². The summed E-state index contributed by atoms with van der Waals surface area (Å²) in [5.41, 5.74) is 13.1. The molecule has 0 radical (unpaired) electrons. The molecule has 2 aromatic heterocycles. The third kappa shape index (κ3) is 2.10. The lowest BCUT2D eigenvalue weighted by Gasteiger charge is -2.28. The van der Waals surface area contributed by atoms with Gasteiger partial charge in [-0.3, -0.25) is 0 Å². The Hall–Kier alpha value is -2.46. The first-order valence-corrected chi connectivity index (χ1v) is 6.71. The first kappa shape index (κ1) is 15.4. The Bertz CT molecular complexity index is 805. The highest BCUT2D eigenvalue weighted by atomic mass is 19.1. The molecule has 23 heavy (non-hydrogen) atoms. The average molecular weight is 323 g/mol. The van der Waals surface area contributed by atoms with E-state index in [0.29, 0.717) is 0 Å². The van der Waals surface area contributed by atoms with Gasteiger partial charge >= 0.3 is 0 Å². The Morgan fingerprint density at radius 3 is 3.00 bits per heavy atom. The number of nitrogens with two attached hydrogens (primary N) is 1. The van der Waals surface area contributed by atoms with Gasteiger partial charge in [0.25, 0.3) is 0 Å². The number of aromatic nitrogens is 3. The maximum Gasteiger partial charge on any atom is 0.154 e. The zero-order chi connectivity index (χ0) is 16.8. The topological polar surface area (TPSA) is 155 Å². The maximum absolute atomic E-state index is 14.2. The van der Waals surface area contributed by atoms with E-state index in [0.717, 1.165) is 12.5 Å². The van der Waals surface area contributed by atoms with E-state index in [-0.39, 0.29) is 16.9 Å². The summed E-state index contributed by atoms with van der Waals surface area (Å²) in [4.78, 5) is 10.4. The largest absolute Gasteiger partial charge is 0.394 e. The number of anilines is 1. The van der Waals surface area contributed by atoms with E-state index < -0.39 is 36.4 Å². The SMILES string of the molecule is C[C@@]1(N=[N+]=[N-])[C@H](O)[C@@H](CO)O[C@H]1n1cc(F)c2c(N)ncnc21. The molecular weight excluding hydrogens is 309 g/mol. The monoisotopic (exact) mass is 323 g/mol. The quantitative estimate of drug-likeness (QED) is 0.423. The average Bonchev–Trinajstić information content (AvgIpc) is 2.97. The van der Waals surface area contributed by atoms with Crippen LogP contribution in [0, 0.1) is 5.82 Å². The van der Waals surface area contributed by atoms with Crippen LogP contribution >= 0.6 is 0 Å². The number of rotatable bonds is 3. The van der Waals surface area contributed by atoms with Gasteiger partial charge in [-0.1, -0.05) is 5.11 Å². The minimum Gasteiger partial charge on any atom is -0.394 e. The molecule has 4 N–H and O–H groups in total. The summed E-state index contributed by atoms with van der Waals surface area (Å²) in [5, 5.41) is 23.2. The zero-order valence-electron chi connectivity index (χ0n) is 12.0. The Morgan fingerprint density at radius 2 is 2.35 bits per heavy atom. The van der Waals surface area contributed by atoms with Gasteiger partial charge in [-0.2, -0.15) is 0 Å². The summed E-state index contributed by atoms with van der Waals surface area (Å²) in [6, 6.07) is 0. The smallest absolute Gasteiger partial charge is 0.154 e. The maximum atomic E-state index is 14.2. The summed E-state index contributed by atoms with van der Waals surface area (Å²) in [6.45, 7) is 0.957. The number of aliphatic hydroxyl groups is 2. The second-order valence-electron chi connectivity index (χ2n) is 5.41. The molecule has 0 amide bonds. The lowest BCUT2D eigenvalue weighted by Crippen LogP contribution is -2.42. The van der Waals surface area contributed by atoms with Crippen LogP contribution in [0.2, 0.25) is 0 Å². The van der Waals surface area contributed by atoms with Gasteiger partial charge in [-0.05, 0) is 12.5 Å². The van der Waals surface area contributed by atoms with Crippen molar-refractivity contribution in [2.75, 3.05) is 12.3 Å². The molecule has 10 nitrogen and oxygen atoms in total. The highest BCUT2D eigenvalue weighted by molar-refractivity contribution is 5.86. The molecule has 11 heteroatoms. The third-order valence-electron chi connectivity index (χ3n) is 4.04. The lowest BCUT2D eigenvalue weighted by atomic mass is 9.93. The van der Waals surface area contributed by atoms with Gasteiger partial charge in [-0.25, -0.2) is 14.4 Å². The molecule has 4 atom stereocenters. The molecule has 0 aromatic carbocycles. The normalized spacial score (nSPS) is 30.5. The summed E-state index contributed by atoms with van der Waals surface area (Å²) in [5.74, 6) is -0.721. The van der Waals surface area contributed by atoms with Crippen LogP contribution in [0.3, 0.4) is 0 Å². The van der Waals surface area contributed by atoms with E-state index in [2.05, 4.69) is 20.0 Å². The van der Waals surface area contributed by atoms with Crippen molar-refractivity contribution < 1.29 is 19.3 Å². The van der Waals surface area contributed by atoms with Gasteiger partial charge in [0.1, 0.15) is 30.0 Å². The molecule has 0 spiro atoms. The number of fused-ring (bicyclic) bond motifs is 1. The number of nitrogens with zero attached hydrogens (tertiary/aromatic N) is 6. The Balaban J connectivity index is 2.21. The second kappa shape index (κ2) is 5.32. The van der Waals surface area contributed by atoms with Gasteiger partial charge < -0.3 is 25.3 Å². The van der Waals surface area contributed by atoms with E-state index in [9.17, 15) is 14.6 Å². The molecular formula is C12H14FN7O3. The number of aliphatic hydroxyl groups excluding tert-OH is 2. The molecule has 1 saturated heterocycles. The number of ether oxygens (including phenoxy) is 1. The number of hydrogen-bond donors (Lipinski definition) is 3. The molecule has 122 valence electrons. The standard InChI is InChI=1S/C12H14FN7O3/c1-12(18-19-15)8(22)6(3-21)23-11(12)20-2-5(13)7-9(14)16-4-17-10(7)20/h2,4,6,8,11,21-22H,3H2,1H3,(H2,14,16,17)/t6-,8-,11-,12-/m1/s1. The van der Waals surface area contributed by atoms with Gasteiger partial charge in [0.2, 0.25) is 0 Å². The first-order chi connectivity index (χ1) is 10.9. The molecule has 1 aliphatic heterocycles. The van der Waals surface area contributed by atoms with Crippen molar-refractivity contribution in [1.29, 1.82) is 0 Å². The van der Waals surface area contributed by atoms with Crippen molar-refractivity contribution in [3.8, 4) is 0 Å².